The van der Waals surface area contributed by atoms with Crippen LogP contribution in [0, 0.1) is 5.82 Å². The second-order valence-electron chi connectivity index (χ2n) is 6.94. The first-order chi connectivity index (χ1) is 14.2. The summed E-state index contributed by atoms with van der Waals surface area (Å²) in [5, 5.41) is 2.75. The van der Waals surface area contributed by atoms with Gasteiger partial charge in [-0.1, -0.05) is 18.2 Å². The van der Waals surface area contributed by atoms with Gasteiger partial charge in [-0.15, -0.1) is 0 Å². The molecule has 0 aliphatic carbocycles. The topological polar surface area (TPSA) is 88.2 Å². The normalized spacial score (nSPS) is 14.3. The Labute approximate surface area is 175 Å². The van der Waals surface area contributed by atoms with E-state index in [-0.39, 0.29) is 5.69 Å². The first-order valence-electron chi connectivity index (χ1n) is 9.34. The molecule has 30 heavy (non-hydrogen) atoms. The summed E-state index contributed by atoms with van der Waals surface area (Å²) in [7, 11) is -1.46. The Hall–Kier alpha value is -2.85. The van der Waals surface area contributed by atoms with Crippen LogP contribution in [-0.4, -0.2) is 52.5 Å². The van der Waals surface area contributed by atoms with Crippen LogP contribution in [0.4, 0.5) is 10.1 Å². The zero-order valence-corrected chi connectivity index (χ0v) is 17.8. The van der Waals surface area contributed by atoms with E-state index in [0.717, 1.165) is 20.2 Å². The number of ether oxygens (including phenoxy) is 2. The predicted molar refractivity (Wildman–Crippen MR) is 110 cm³/mol. The van der Waals surface area contributed by atoms with Crippen molar-refractivity contribution in [2.24, 2.45) is 0 Å². The first kappa shape index (κ1) is 21.8. The molecule has 0 unspecified atom stereocenters. The van der Waals surface area contributed by atoms with Gasteiger partial charge in [-0.05, 0) is 36.8 Å². The summed E-state index contributed by atoms with van der Waals surface area (Å²) < 4.78 is 52.4. The number of carbonyl (C=O) groups is 1. The summed E-state index contributed by atoms with van der Waals surface area (Å²) in [4.78, 5) is 12.7. The molecule has 2 aromatic carbocycles. The number of nitrogens with one attached hydrogen (secondary N) is 1. The van der Waals surface area contributed by atoms with E-state index in [9.17, 15) is 17.6 Å². The minimum atomic E-state index is -4.09. The van der Waals surface area contributed by atoms with Crippen molar-refractivity contribution in [3.05, 3.63) is 53.8 Å². The molecule has 1 aliphatic rings. The average molecular weight is 437 g/mol. The number of fused-ring (bicyclic) bond motifs is 1. The molecule has 0 aromatic heterocycles. The number of para-hydroxylation sites is 1. The molecule has 8 nitrogen and oxygen atoms in total. The van der Waals surface area contributed by atoms with E-state index in [4.69, 9.17) is 9.47 Å². The lowest BCUT2D eigenvalue weighted by Gasteiger charge is -2.28. The second-order valence-corrected chi connectivity index (χ2v) is 9.01. The van der Waals surface area contributed by atoms with E-state index in [1.165, 1.54) is 32.3 Å². The van der Waals surface area contributed by atoms with Crippen molar-refractivity contribution in [3.63, 3.8) is 0 Å². The minimum Gasteiger partial charge on any atom is -0.486 e. The van der Waals surface area contributed by atoms with E-state index in [0.29, 0.717) is 24.7 Å². The molecule has 0 radical (unpaired) electrons. The van der Waals surface area contributed by atoms with Crippen LogP contribution < -0.4 is 19.1 Å². The molecule has 10 heteroatoms. The Balaban J connectivity index is 1.78. The molecule has 0 bridgehead atoms. The van der Waals surface area contributed by atoms with E-state index in [1.807, 2.05) is 0 Å². The summed E-state index contributed by atoms with van der Waals surface area (Å²) in [6.07, 6.45) is 0. The Morgan fingerprint density at radius 1 is 1.13 bits per heavy atom. The summed E-state index contributed by atoms with van der Waals surface area (Å²) >= 11 is 0. The minimum absolute atomic E-state index is 0.201. The third-order valence-electron chi connectivity index (χ3n) is 4.59. The molecule has 0 saturated carbocycles. The van der Waals surface area contributed by atoms with Gasteiger partial charge < -0.3 is 14.8 Å². The van der Waals surface area contributed by atoms with Gasteiger partial charge in [0.25, 0.3) is 0 Å². The monoisotopic (exact) mass is 437 g/mol. The van der Waals surface area contributed by atoms with Crippen LogP contribution >= 0.6 is 0 Å². The van der Waals surface area contributed by atoms with Gasteiger partial charge in [0.1, 0.15) is 25.6 Å². The lowest BCUT2D eigenvalue weighted by molar-refractivity contribution is -0.120. The fraction of sp³-hybridized carbons (Fsp3) is 0.350. The third-order valence-corrected chi connectivity index (χ3v) is 6.40. The van der Waals surface area contributed by atoms with Crippen molar-refractivity contribution in [2.45, 2.75) is 13.0 Å². The lowest BCUT2D eigenvalue weighted by Crippen LogP contribution is -2.46. The standard InChI is InChI=1S/C20H24FN3O5S/c1-14(15-8-9-18-19(12-15)29-11-10-28-18)22-20(25)13-24(30(26,27)23(2)3)17-7-5-4-6-16(17)21/h4-9,12,14H,10-11,13H2,1-3H3,(H,22,25)/t14-/m1/s1. The van der Waals surface area contributed by atoms with Crippen molar-refractivity contribution < 1.29 is 27.1 Å². The van der Waals surface area contributed by atoms with Gasteiger partial charge in [0, 0.05) is 14.1 Å². The molecule has 1 atom stereocenters. The number of benzene rings is 2. The molecule has 162 valence electrons. The molecule has 1 heterocycles. The van der Waals surface area contributed by atoms with Crippen LogP contribution in [0.15, 0.2) is 42.5 Å². The fourth-order valence-corrected chi connectivity index (χ4v) is 4.04. The van der Waals surface area contributed by atoms with Gasteiger partial charge in [-0.3, -0.25) is 4.79 Å². The Kier molecular flexibility index (Phi) is 6.47. The first-order valence-corrected chi connectivity index (χ1v) is 10.7. The van der Waals surface area contributed by atoms with E-state index in [1.54, 1.807) is 25.1 Å². The van der Waals surface area contributed by atoms with E-state index in [2.05, 4.69) is 5.32 Å². The molecule has 0 saturated heterocycles. The highest BCUT2D eigenvalue weighted by atomic mass is 32.2. The van der Waals surface area contributed by atoms with Crippen LogP contribution in [0.5, 0.6) is 11.5 Å². The van der Waals surface area contributed by atoms with Crippen LogP contribution in [0.3, 0.4) is 0 Å². The maximum atomic E-state index is 14.3. The maximum absolute atomic E-state index is 14.3. The number of hydrogen-bond acceptors (Lipinski definition) is 5. The van der Waals surface area contributed by atoms with Crippen molar-refractivity contribution in [1.82, 2.24) is 9.62 Å². The van der Waals surface area contributed by atoms with Crippen LogP contribution in [0.25, 0.3) is 0 Å². The van der Waals surface area contributed by atoms with E-state index >= 15 is 0 Å². The quantitative estimate of drug-likeness (QED) is 0.717. The number of nitrogens with zero attached hydrogens (tertiary/aromatic N) is 2. The molecule has 1 amide bonds. The Morgan fingerprint density at radius 2 is 1.80 bits per heavy atom. The van der Waals surface area contributed by atoms with Crippen molar-refractivity contribution >= 4 is 21.8 Å². The molecule has 0 fully saturated rings. The summed E-state index contributed by atoms with van der Waals surface area (Å²) in [5.41, 5.74) is 0.564. The van der Waals surface area contributed by atoms with Crippen molar-refractivity contribution in [2.75, 3.05) is 38.2 Å². The number of carbonyl (C=O) groups excluding carboxylic acids is 1. The Bertz CT molecular complexity index is 1030. The summed E-state index contributed by atoms with van der Waals surface area (Å²) in [6, 6.07) is 10.3. The fourth-order valence-electron chi connectivity index (χ4n) is 2.97. The molecular formula is C20H24FN3O5S. The van der Waals surface area contributed by atoms with Crippen LogP contribution in [0.1, 0.15) is 18.5 Å². The molecule has 1 N–H and O–H groups in total. The predicted octanol–water partition coefficient (Wildman–Crippen LogP) is 2.09. The molecule has 1 aliphatic heterocycles. The maximum Gasteiger partial charge on any atom is 0.304 e. The molecule has 3 rings (SSSR count). The van der Waals surface area contributed by atoms with Crippen LogP contribution in [-0.2, 0) is 15.0 Å². The Morgan fingerprint density at radius 3 is 2.47 bits per heavy atom. The van der Waals surface area contributed by atoms with E-state index < -0.39 is 34.5 Å². The number of rotatable bonds is 7. The van der Waals surface area contributed by atoms with Gasteiger partial charge in [-0.25, -0.2) is 8.70 Å². The number of hydrogen-bond donors (Lipinski definition) is 1. The number of anilines is 1. The summed E-state index contributed by atoms with van der Waals surface area (Å²) in [6.45, 7) is 2.11. The molecular weight excluding hydrogens is 413 g/mol. The third kappa shape index (κ3) is 4.65. The zero-order valence-electron chi connectivity index (χ0n) is 17.0. The SMILES string of the molecule is C[C@@H](NC(=O)CN(c1ccccc1F)S(=O)(=O)N(C)C)c1ccc2c(c1)OCCO2. The van der Waals surface area contributed by atoms with Gasteiger partial charge in [0.2, 0.25) is 5.91 Å². The van der Waals surface area contributed by atoms with Crippen LogP contribution in [0.2, 0.25) is 0 Å². The van der Waals surface area contributed by atoms with Gasteiger partial charge >= 0.3 is 10.2 Å². The van der Waals surface area contributed by atoms with Gasteiger partial charge in [0.15, 0.2) is 11.5 Å². The highest BCUT2D eigenvalue weighted by Crippen LogP contribution is 2.32. The zero-order chi connectivity index (χ0) is 21.9. The number of amides is 1. The molecule has 2 aromatic rings. The largest absolute Gasteiger partial charge is 0.486 e. The van der Waals surface area contributed by atoms with Crippen molar-refractivity contribution in [3.8, 4) is 11.5 Å². The second kappa shape index (κ2) is 8.88. The molecule has 0 spiro atoms. The average Bonchev–Trinajstić information content (AvgIpc) is 2.72. The van der Waals surface area contributed by atoms with Crippen molar-refractivity contribution in [1.29, 1.82) is 0 Å². The highest BCUT2D eigenvalue weighted by Gasteiger charge is 2.29. The lowest BCUT2D eigenvalue weighted by atomic mass is 10.1. The van der Waals surface area contributed by atoms with Gasteiger partial charge in [-0.2, -0.15) is 12.7 Å². The smallest absolute Gasteiger partial charge is 0.304 e. The van der Waals surface area contributed by atoms with Gasteiger partial charge in [0.05, 0.1) is 11.7 Å². The summed E-state index contributed by atoms with van der Waals surface area (Å²) in [5.74, 6) is -0.101. The number of halogens is 1. The highest BCUT2D eigenvalue weighted by molar-refractivity contribution is 7.90.